The topological polar surface area (TPSA) is 55.1 Å². The van der Waals surface area contributed by atoms with Crippen molar-refractivity contribution in [2.45, 2.75) is 46.5 Å². The number of amides is 2. The summed E-state index contributed by atoms with van der Waals surface area (Å²) < 4.78 is 0. The minimum atomic E-state index is -0.488. The second kappa shape index (κ2) is 4.87. The number of nitrogens with one attached hydrogen (secondary N) is 1. The van der Waals surface area contributed by atoms with E-state index in [1.807, 2.05) is 6.92 Å². The molecule has 0 aromatic carbocycles. The number of rotatable bonds is 3. The molecule has 90 valence electrons. The van der Waals surface area contributed by atoms with Gasteiger partial charge in [-0.3, -0.25) is 0 Å². The molecule has 0 aliphatic heterocycles. The van der Waals surface area contributed by atoms with Crippen LogP contribution in [0.15, 0.2) is 0 Å². The van der Waals surface area contributed by atoms with Gasteiger partial charge in [-0.1, -0.05) is 27.7 Å². The lowest BCUT2D eigenvalue weighted by Crippen LogP contribution is -2.20. The SMILES string of the molecule is Cc1c(C(C)C)sc(C(C)C)c1NC(N)=O. The summed E-state index contributed by atoms with van der Waals surface area (Å²) in [5, 5.41) is 2.75. The van der Waals surface area contributed by atoms with Crippen LogP contribution in [0.25, 0.3) is 0 Å². The summed E-state index contributed by atoms with van der Waals surface area (Å²) in [5.74, 6) is 0.879. The zero-order valence-electron chi connectivity index (χ0n) is 10.5. The Labute approximate surface area is 101 Å². The highest BCUT2D eigenvalue weighted by Crippen LogP contribution is 2.40. The smallest absolute Gasteiger partial charge is 0.316 e. The third-order valence-corrected chi connectivity index (χ3v) is 4.40. The molecule has 4 heteroatoms. The largest absolute Gasteiger partial charge is 0.351 e. The molecule has 0 spiro atoms. The lowest BCUT2D eigenvalue weighted by atomic mass is 10.0. The van der Waals surface area contributed by atoms with Crippen LogP contribution in [0.5, 0.6) is 0 Å². The van der Waals surface area contributed by atoms with E-state index in [4.69, 9.17) is 5.73 Å². The molecule has 3 N–H and O–H groups in total. The molecule has 1 aromatic heterocycles. The van der Waals surface area contributed by atoms with E-state index in [0.29, 0.717) is 11.8 Å². The van der Waals surface area contributed by atoms with Crippen molar-refractivity contribution in [3.63, 3.8) is 0 Å². The van der Waals surface area contributed by atoms with E-state index in [1.165, 1.54) is 9.75 Å². The molecule has 1 rings (SSSR count). The molecular formula is C12H20N2OS. The maximum absolute atomic E-state index is 11.0. The highest BCUT2D eigenvalue weighted by molar-refractivity contribution is 7.13. The van der Waals surface area contributed by atoms with Crippen molar-refractivity contribution in [3.05, 3.63) is 15.3 Å². The van der Waals surface area contributed by atoms with E-state index in [9.17, 15) is 4.79 Å². The van der Waals surface area contributed by atoms with E-state index in [0.717, 1.165) is 11.3 Å². The summed E-state index contributed by atoms with van der Waals surface area (Å²) in [6, 6.07) is -0.488. The first-order valence-electron chi connectivity index (χ1n) is 5.54. The fourth-order valence-corrected chi connectivity index (χ4v) is 3.06. The Bertz CT molecular complexity index is 394. The Balaban J connectivity index is 3.26. The van der Waals surface area contributed by atoms with E-state index in [-0.39, 0.29) is 0 Å². The molecule has 0 atom stereocenters. The van der Waals surface area contributed by atoms with Crippen LogP contribution >= 0.6 is 11.3 Å². The fourth-order valence-electron chi connectivity index (χ4n) is 1.79. The molecule has 0 unspecified atom stereocenters. The van der Waals surface area contributed by atoms with Crippen molar-refractivity contribution < 1.29 is 4.79 Å². The first-order valence-corrected chi connectivity index (χ1v) is 6.35. The molecule has 0 radical (unpaired) electrons. The number of nitrogens with two attached hydrogens (primary N) is 1. The summed E-state index contributed by atoms with van der Waals surface area (Å²) in [6.45, 7) is 10.6. The van der Waals surface area contributed by atoms with Crippen LogP contribution in [0.1, 0.15) is 54.8 Å². The van der Waals surface area contributed by atoms with Gasteiger partial charge in [-0.15, -0.1) is 11.3 Å². The number of carbonyl (C=O) groups is 1. The van der Waals surface area contributed by atoms with Gasteiger partial charge in [-0.05, 0) is 24.3 Å². The van der Waals surface area contributed by atoms with Gasteiger partial charge in [0.1, 0.15) is 0 Å². The molecule has 0 aliphatic rings. The van der Waals surface area contributed by atoms with Crippen molar-refractivity contribution >= 4 is 23.1 Å². The Morgan fingerprint density at radius 1 is 1.19 bits per heavy atom. The van der Waals surface area contributed by atoms with Crippen LogP contribution in [-0.4, -0.2) is 6.03 Å². The first kappa shape index (κ1) is 13.0. The van der Waals surface area contributed by atoms with E-state index < -0.39 is 6.03 Å². The normalized spacial score (nSPS) is 11.2. The van der Waals surface area contributed by atoms with Crippen molar-refractivity contribution in [2.75, 3.05) is 5.32 Å². The van der Waals surface area contributed by atoms with Gasteiger partial charge < -0.3 is 11.1 Å². The van der Waals surface area contributed by atoms with Crippen LogP contribution in [-0.2, 0) is 0 Å². The minimum Gasteiger partial charge on any atom is -0.351 e. The predicted molar refractivity (Wildman–Crippen MR) is 70.4 cm³/mol. The molecule has 0 saturated heterocycles. The molecule has 0 saturated carbocycles. The number of carbonyl (C=O) groups excluding carboxylic acids is 1. The molecule has 3 nitrogen and oxygen atoms in total. The predicted octanol–water partition coefficient (Wildman–Crippen LogP) is 3.79. The van der Waals surface area contributed by atoms with Crippen LogP contribution in [0.4, 0.5) is 10.5 Å². The van der Waals surface area contributed by atoms with Gasteiger partial charge in [0, 0.05) is 9.75 Å². The van der Waals surface area contributed by atoms with Gasteiger partial charge in [-0.25, -0.2) is 4.79 Å². The van der Waals surface area contributed by atoms with Crippen molar-refractivity contribution in [1.82, 2.24) is 0 Å². The van der Waals surface area contributed by atoms with Gasteiger partial charge in [0.05, 0.1) is 5.69 Å². The number of urea groups is 1. The average Bonchev–Trinajstić information content (AvgIpc) is 2.43. The Morgan fingerprint density at radius 2 is 1.69 bits per heavy atom. The van der Waals surface area contributed by atoms with Crippen molar-refractivity contribution in [2.24, 2.45) is 5.73 Å². The molecular weight excluding hydrogens is 220 g/mol. The molecule has 0 fully saturated rings. The van der Waals surface area contributed by atoms with Crippen LogP contribution < -0.4 is 11.1 Å². The van der Waals surface area contributed by atoms with Crippen LogP contribution in [0.3, 0.4) is 0 Å². The maximum Gasteiger partial charge on any atom is 0.316 e. The summed E-state index contributed by atoms with van der Waals surface area (Å²) in [7, 11) is 0. The van der Waals surface area contributed by atoms with Crippen LogP contribution in [0.2, 0.25) is 0 Å². The van der Waals surface area contributed by atoms with Crippen molar-refractivity contribution in [1.29, 1.82) is 0 Å². The number of thiophene rings is 1. The average molecular weight is 240 g/mol. The number of hydrogen-bond donors (Lipinski definition) is 2. The fraction of sp³-hybridized carbons (Fsp3) is 0.583. The lowest BCUT2D eigenvalue weighted by Gasteiger charge is -2.08. The van der Waals surface area contributed by atoms with E-state index in [1.54, 1.807) is 11.3 Å². The zero-order valence-corrected chi connectivity index (χ0v) is 11.4. The van der Waals surface area contributed by atoms with Gasteiger partial charge in [-0.2, -0.15) is 0 Å². The monoisotopic (exact) mass is 240 g/mol. The summed E-state index contributed by atoms with van der Waals surface area (Å²) in [5.41, 5.74) is 7.27. The van der Waals surface area contributed by atoms with Gasteiger partial charge in [0.25, 0.3) is 0 Å². The quantitative estimate of drug-likeness (QED) is 0.829. The highest BCUT2D eigenvalue weighted by atomic mass is 32.1. The molecule has 2 amide bonds. The van der Waals surface area contributed by atoms with Crippen LogP contribution in [0, 0.1) is 6.92 Å². The molecule has 1 heterocycles. The minimum absolute atomic E-state index is 0.401. The van der Waals surface area contributed by atoms with Gasteiger partial charge in [0.15, 0.2) is 0 Å². The third-order valence-electron chi connectivity index (χ3n) is 2.51. The second-order valence-corrected chi connectivity index (χ2v) is 5.71. The van der Waals surface area contributed by atoms with Gasteiger partial charge >= 0.3 is 6.03 Å². The summed E-state index contributed by atoms with van der Waals surface area (Å²) >= 11 is 1.77. The summed E-state index contributed by atoms with van der Waals surface area (Å²) in [4.78, 5) is 13.5. The standard InChI is InChI=1S/C12H20N2OS/c1-6(2)10-8(5)9(14-12(13)15)11(16-10)7(3)4/h6-7H,1-5H3,(H3,13,14,15). The Hall–Kier alpha value is -1.03. The molecule has 0 aliphatic carbocycles. The number of hydrogen-bond acceptors (Lipinski definition) is 2. The number of anilines is 1. The first-order chi connectivity index (χ1) is 7.34. The Morgan fingerprint density at radius 3 is 2.06 bits per heavy atom. The molecule has 16 heavy (non-hydrogen) atoms. The Kier molecular flexibility index (Phi) is 3.97. The molecule has 1 aromatic rings. The maximum atomic E-state index is 11.0. The third kappa shape index (κ3) is 2.55. The highest BCUT2D eigenvalue weighted by Gasteiger charge is 2.19. The second-order valence-electron chi connectivity index (χ2n) is 4.63. The number of primary amides is 1. The van der Waals surface area contributed by atoms with E-state index in [2.05, 4.69) is 33.0 Å². The zero-order chi connectivity index (χ0) is 12.5. The van der Waals surface area contributed by atoms with Gasteiger partial charge in [0.2, 0.25) is 0 Å². The van der Waals surface area contributed by atoms with Crippen molar-refractivity contribution in [3.8, 4) is 0 Å². The lowest BCUT2D eigenvalue weighted by molar-refractivity contribution is 0.259. The summed E-state index contributed by atoms with van der Waals surface area (Å²) in [6.07, 6.45) is 0. The molecule has 0 bridgehead atoms. The van der Waals surface area contributed by atoms with E-state index >= 15 is 0 Å².